The van der Waals surface area contributed by atoms with Crippen LogP contribution in [-0.2, 0) is 16.6 Å². The molecule has 0 N–H and O–H groups in total. The normalized spacial score (nSPS) is 18.5. The Balaban J connectivity index is 1.88. The number of aryl methyl sites for hydroxylation is 1. The second-order valence-corrected chi connectivity index (χ2v) is 14.2. The van der Waals surface area contributed by atoms with Crippen LogP contribution in [0.1, 0.15) is 45.2 Å². The van der Waals surface area contributed by atoms with Gasteiger partial charge < -0.3 is 4.43 Å². The van der Waals surface area contributed by atoms with E-state index in [1.807, 2.05) is 6.08 Å². The molecule has 1 atom stereocenters. The molecule has 0 saturated carbocycles. The predicted molar refractivity (Wildman–Crippen MR) is 136 cm³/mol. The van der Waals surface area contributed by atoms with Crippen molar-refractivity contribution in [3.8, 4) is 5.75 Å². The lowest BCUT2D eigenvalue weighted by Crippen LogP contribution is -2.68. The van der Waals surface area contributed by atoms with Crippen LogP contribution in [-0.4, -0.2) is 14.6 Å². The molecule has 32 heavy (non-hydrogen) atoms. The Hall–Kier alpha value is -2.91. The first-order valence-corrected chi connectivity index (χ1v) is 13.3. The molecule has 3 aromatic carbocycles. The lowest BCUT2D eigenvalue weighted by atomic mass is 9.84. The fourth-order valence-corrected chi connectivity index (χ4v) is 9.56. The Morgan fingerprint density at radius 1 is 0.906 bits per heavy atom. The average Bonchev–Trinajstić information content (AvgIpc) is 3.13. The van der Waals surface area contributed by atoms with E-state index in [4.69, 9.17) is 4.43 Å². The highest BCUT2D eigenvalue weighted by Gasteiger charge is 2.52. The molecule has 1 aliphatic rings. The minimum absolute atomic E-state index is 0.0879. The Labute approximate surface area is 193 Å². The molecule has 1 unspecified atom stereocenters. The first-order chi connectivity index (χ1) is 15.3. The number of aldehydes is 1. The van der Waals surface area contributed by atoms with Crippen molar-refractivity contribution >= 4 is 25.0 Å². The van der Waals surface area contributed by atoms with Crippen LogP contribution in [0.2, 0.25) is 5.04 Å². The van der Waals surface area contributed by atoms with Crippen LogP contribution in [0.4, 0.5) is 0 Å². The first kappa shape index (κ1) is 22.3. The number of carbonyl (C=O) groups excluding carboxylic acids is 1. The summed E-state index contributed by atoms with van der Waals surface area (Å²) >= 11 is 0. The van der Waals surface area contributed by atoms with Crippen LogP contribution < -0.4 is 14.8 Å². The summed E-state index contributed by atoms with van der Waals surface area (Å²) in [6.07, 6.45) is 6.57. The van der Waals surface area contributed by atoms with E-state index in [-0.39, 0.29) is 10.5 Å². The Kier molecular flexibility index (Phi) is 5.96. The third-order valence-corrected chi connectivity index (χ3v) is 11.8. The third kappa shape index (κ3) is 3.86. The molecule has 2 nitrogen and oxygen atoms in total. The van der Waals surface area contributed by atoms with E-state index in [2.05, 4.69) is 107 Å². The Morgan fingerprint density at radius 3 is 2.03 bits per heavy atom. The zero-order valence-electron chi connectivity index (χ0n) is 19.5. The van der Waals surface area contributed by atoms with E-state index in [1.54, 1.807) is 6.08 Å². The van der Waals surface area contributed by atoms with E-state index in [0.29, 0.717) is 0 Å². The number of carbonyl (C=O) groups is 1. The van der Waals surface area contributed by atoms with Gasteiger partial charge in [0, 0.05) is 5.41 Å². The topological polar surface area (TPSA) is 26.3 Å². The van der Waals surface area contributed by atoms with Crippen LogP contribution in [0, 0.1) is 0 Å². The molecule has 0 radical (unpaired) electrons. The van der Waals surface area contributed by atoms with E-state index in [9.17, 15) is 4.79 Å². The molecule has 0 bridgehead atoms. The standard InChI is InChI=1S/C29H32O2Si/c1-28(2,3)32(25-12-7-5-8-13-25,26-14-9-6-10-15-26)31-24-17-16-23-18-20-29(4,19-11-21-30)27(23)22-24/h5-17,19,21-22H,18,20H2,1-4H3. The van der Waals surface area contributed by atoms with Crippen LogP contribution in [0.3, 0.4) is 0 Å². The van der Waals surface area contributed by atoms with Crippen LogP contribution in [0.15, 0.2) is 91.0 Å². The van der Waals surface area contributed by atoms with Crippen molar-refractivity contribution < 1.29 is 9.22 Å². The zero-order chi connectivity index (χ0) is 22.8. The summed E-state index contributed by atoms with van der Waals surface area (Å²) in [5.41, 5.74) is 2.48. The van der Waals surface area contributed by atoms with E-state index in [0.717, 1.165) is 24.9 Å². The number of rotatable bonds is 6. The number of allylic oxidation sites excluding steroid dienone is 2. The molecular weight excluding hydrogens is 408 g/mol. The second kappa shape index (κ2) is 8.55. The van der Waals surface area contributed by atoms with Crippen molar-refractivity contribution in [2.45, 2.75) is 51.0 Å². The molecule has 0 spiro atoms. The fraction of sp³-hybridized carbons (Fsp3) is 0.276. The van der Waals surface area contributed by atoms with Gasteiger partial charge in [0.15, 0.2) is 0 Å². The minimum atomic E-state index is -2.67. The summed E-state index contributed by atoms with van der Waals surface area (Å²) in [4.78, 5) is 11.0. The number of hydrogen-bond donors (Lipinski definition) is 0. The van der Waals surface area contributed by atoms with Crippen LogP contribution in [0.5, 0.6) is 5.75 Å². The summed E-state index contributed by atoms with van der Waals surface area (Å²) in [5.74, 6) is 0.908. The van der Waals surface area contributed by atoms with Gasteiger partial charge in [0.1, 0.15) is 12.0 Å². The van der Waals surface area contributed by atoms with Crippen LogP contribution >= 0.6 is 0 Å². The van der Waals surface area contributed by atoms with Crippen molar-refractivity contribution in [3.05, 3.63) is 102 Å². The molecule has 0 amide bonds. The first-order valence-electron chi connectivity index (χ1n) is 11.4. The number of benzene rings is 3. The highest BCUT2D eigenvalue weighted by atomic mass is 28.4. The maximum Gasteiger partial charge on any atom is 0.319 e. The summed E-state index contributed by atoms with van der Waals surface area (Å²) in [7, 11) is -2.67. The molecule has 0 aromatic heterocycles. The summed E-state index contributed by atoms with van der Waals surface area (Å²) in [6.45, 7) is 9.10. The second-order valence-electron chi connectivity index (χ2n) is 10.00. The quantitative estimate of drug-likeness (QED) is 0.284. The van der Waals surface area contributed by atoms with Gasteiger partial charge in [-0.25, -0.2) is 0 Å². The minimum Gasteiger partial charge on any atom is -0.534 e. The largest absolute Gasteiger partial charge is 0.534 e. The van der Waals surface area contributed by atoms with Gasteiger partial charge in [-0.2, -0.15) is 0 Å². The van der Waals surface area contributed by atoms with Gasteiger partial charge in [0.05, 0.1) is 0 Å². The monoisotopic (exact) mass is 440 g/mol. The molecule has 1 aliphatic carbocycles. The van der Waals surface area contributed by atoms with E-state index >= 15 is 0 Å². The SMILES string of the molecule is CC1(C=CC=O)CCc2ccc(O[Si](c3ccccc3)(c3ccccc3)C(C)(C)C)cc21. The smallest absolute Gasteiger partial charge is 0.319 e. The summed E-state index contributed by atoms with van der Waals surface area (Å²) < 4.78 is 7.21. The molecule has 0 aliphatic heterocycles. The van der Waals surface area contributed by atoms with Crippen molar-refractivity contribution in [2.75, 3.05) is 0 Å². The Bertz CT molecular complexity index is 1070. The average molecular weight is 441 g/mol. The van der Waals surface area contributed by atoms with Crippen LogP contribution in [0.25, 0.3) is 0 Å². The fourth-order valence-electron chi connectivity index (χ4n) is 5.15. The molecule has 0 saturated heterocycles. The van der Waals surface area contributed by atoms with Gasteiger partial charge in [-0.3, -0.25) is 4.79 Å². The van der Waals surface area contributed by atoms with E-state index < -0.39 is 8.32 Å². The van der Waals surface area contributed by atoms with Crippen molar-refractivity contribution in [1.82, 2.24) is 0 Å². The molecule has 3 heteroatoms. The maximum absolute atomic E-state index is 11.0. The van der Waals surface area contributed by atoms with Crippen molar-refractivity contribution in [3.63, 3.8) is 0 Å². The molecular formula is C29H32O2Si. The lowest BCUT2D eigenvalue weighted by Gasteiger charge is -2.43. The maximum atomic E-state index is 11.0. The summed E-state index contributed by atoms with van der Waals surface area (Å²) in [5, 5.41) is 2.45. The number of fused-ring (bicyclic) bond motifs is 1. The van der Waals surface area contributed by atoms with Gasteiger partial charge in [-0.05, 0) is 57.6 Å². The predicted octanol–water partition coefficient (Wildman–Crippen LogP) is 5.58. The molecule has 3 aromatic rings. The Morgan fingerprint density at radius 2 is 1.50 bits per heavy atom. The lowest BCUT2D eigenvalue weighted by molar-refractivity contribution is -0.104. The highest BCUT2D eigenvalue weighted by molar-refractivity contribution is 7.00. The van der Waals surface area contributed by atoms with Gasteiger partial charge in [-0.15, -0.1) is 0 Å². The van der Waals surface area contributed by atoms with Gasteiger partial charge in [0.25, 0.3) is 0 Å². The van der Waals surface area contributed by atoms with Gasteiger partial charge in [0.2, 0.25) is 0 Å². The van der Waals surface area contributed by atoms with E-state index in [1.165, 1.54) is 21.5 Å². The number of hydrogen-bond acceptors (Lipinski definition) is 2. The molecule has 4 rings (SSSR count). The van der Waals surface area contributed by atoms with Gasteiger partial charge >= 0.3 is 8.32 Å². The highest BCUT2D eigenvalue weighted by Crippen LogP contribution is 2.43. The summed E-state index contributed by atoms with van der Waals surface area (Å²) in [6, 6.07) is 28.0. The third-order valence-electron chi connectivity index (χ3n) is 6.84. The molecule has 0 fully saturated rings. The van der Waals surface area contributed by atoms with Crippen molar-refractivity contribution in [1.29, 1.82) is 0 Å². The van der Waals surface area contributed by atoms with Gasteiger partial charge in [-0.1, -0.05) is 101 Å². The zero-order valence-corrected chi connectivity index (χ0v) is 20.5. The van der Waals surface area contributed by atoms with Crippen molar-refractivity contribution in [2.24, 2.45) is 0 Å². The molecule has 0 heterocycles. The molecule has 164 valence electrons.